The lowest BCUT2D eigenvalue weighted by molar-refractivity contribution is 0.0812. The monoisotopic (exact) mass is 363 g/mol. The molecule has 4 nitrogen and oxygen atoms in total. The Labute approximate surface area is 138 Å². The predicted molar refractivity (Wildman–Crippen MR) is 88.8 cm³/mol. The van der Waals surface area contributed by atoms with Crippen LogP contribution >= 0.6 is 15.9 Å². The van der Waals surface area contributed by atoms with Gasteiger partial charge >= 0.3 is 0 Å². The van der Waals surface area contributed by atoms with Gasteiger partial charge in [0.25, 0.3) is 0 Å². The van der Waals surface area contributed by atoms with Crippen LogP contribution in [-0.4, -0.2) is 22.7 Å². The molecule has 1 atom stereocenters. The molecule has 0 aliphatic heterocycles. The Hall–Kier alpha value is -1.88. The highest BCUT2D eigenvalue weighted by Crippen LogP contribution is 2.22. The Bertz CT molecular complexity index is 716. The number of aromatic nitrogens is 1. The van der Waals surface area contributed by atoms with E-state index >= 15 is 0 Å². The Kier molecular flexibility index (Phi) is 4.86. The van der Waals surface area contributed by atoms with Gasteiger partial charge in [-0.15, -0.1) is 0 Å². The molecule has 0 saturated heterocycles. The molecule has 1 N–H and O–H groups in total. The van der Waals surface area contributed by atoms with Gasteiger partial charge in [-0.1, -0.05) is 15.9 Å². The maximum absolute atomic E-state index is 12.5. The summed E-state index contributed by atoms with van der Waals surface area (Å²) in [4.78, 5) is 27.2. The van der Waals surface area contributed by atoms with Crippen LogP contribution in [0.4, 0.5) is 0 Å². The molecule has 0 fully saturated rings. The number of nitrogens with one attached hydrogen (secondary N) is 1. The summed E-state index contributed by atoms with van der Waals surface area (Å²) in [5.74, 6) is 0.402. The number of ether oxygens (including phenoxy) is 1. The van der Waals surface area contributed by atoms with Gasteiger partial charge in [0.1, 0.15) is 5.75 Å². The molecule has 5 heteroatoms. The van der Waals surface area contributed by atoms with Crippen LogP contribution in [0.15, 0.2) is 28.7 Å². The Morgan fingerprint density at radius 3 is 2.27 bits per heavy atom. The fourth-order valence-corrected chi connectivity index (χ4v) is 2.76. The Morgan fingerprint density at radius 2 is 1.77 bits per heavy atom. The molecule has 0 aliphatic carbocycles. The van der Waals surface area contributed by atoms with E-state index in [1.807, 2.05) is 12.1 Å². The zero-order valence-electron chi connectivity index (χ0n) is 13.0. The Morgan fingerprint density at radius 1 is 1.18 bits per heavy atom. The summed E-state index contributed by atoms with van der Waals surface area (Å²) in [6.45, 7) is 6.77. The summed E-state index contributed by atoms with van der Waals surface area (Å²) in [7, 11) is 0. The average Bonchev–Trinajstić information content (AvgIpc) is 2.75. The van der Waals surface area contributed by atoms with Crippen LogP contribution in [0.25, 0.3) is 0 Å². The second-order valence-electron chi connectivity index (χ2n) is 5.26. The van der Waals surface area contributed by atoms with Crippen LogP contribution in [-0.2, 0) is 0 Å². The molecule has 1 heterocycles. The summed E-state index contributed by atoms with van der Waals surface area (Å²) >= 11 is 3.35. The average molecular weight is 364 g/mol. The van der Waals surface area contributed by atoms with Gasteiger partial charge in [0.2, 0.25) is 5.78 Å². The van der Waals surface area contributed by atoms with Crippen LogP contribution in [0.5, 0.6) is 5.75 Å². The zero-order chi connectivity index (χ0) is 16.4. The highest BCUT2D eigenvalue weighted by atomic mass is 79.9. The summed E-state index contributed by atoms with van der Waals surface area (Å²) < 4.78 is 6.62. The number of benzene rings is 1. The van der Waals surface area contributed by atoms with E-state index in [2.05, 4.69) is 20.9 Å². The molecule has 0 saturated carbocycles. The Balaban J connectivity index is 2.22. The third-order valence-corrected chi connectivity index (χ3v) is 4.06. The van der Waals surface area contributed by atoms with E-state index in [0.717, 1.165) is 4.47 Å². The fourth-order valence-electron chi connectivity index (χ4n) is 2.50. The van der Waals surface area contributed by atoms with Gasteiger partial charge in [-0.2, -0.15) is 0 Å². The van der Waals surface area contributed by atoms with E-state index in [0.29, 0.717) is 28.3 Å². The van der Waals surface area contributed by atoms with Crippen LogP contribution in [0.1, 0.15) is 46.0 Å². The third kappa shape index (κ3) is 3.30. The molecule has 0 aliphatic rings. The molecular weight excluding hydrogens is 346 g/mol. The minimum absolute atomic E-state index is 0.0493. The summed E-state index contributed by atoms with van der Waals surface area (Å²) in [6, 6.07) is 7.29. The van der Waals surface area contributed by atoms with E-state index in [-0.39, 0.29) is 11.6 Å². The smallest absolute Gasteiger partial charge is 0.219 e. The first-order chi connectivity index (χ1) is 10.3. The van der Waals surface area contributed by atoms with Gasteiger partial charge < -0.3 is 9.72 Å². The molecule has 1 aromatic heterocycles. The molecule has 0 radical (unpaired) electrons. The number of hydrogen-bond donors (Lipinski definition) is 1. The lowest BCUT2D eigenvalue weighted by atomic mass is 10.0. The lowest BCUT2D eigenvalue weighted by Gasteiger charge is -2.13. The van der Waals surface area contributed by atoms with Gasteiger partial charge in [0, 0.05) is 15.7 Å². The van der Waals surface area contributed by atoms with Gasteiger partial charge in [-0.25, -0.2) is 0 Å². The summed E-state index contributed by atoms with van der Waals surface area (Å²) in [6.07, 6.45) is -0.641. The topological polar surface area (TPSA) is 59.2 Å². The van der Waals surface area contributed by atoms with Crippen molar-refractivity contribution in [3.8, 4) is 5.75 Å². The predicted octanol–water partition coefficient (Wildman–Crippen LogP) is 4.25. The standard InChI is InChI=1S/C17H18BrNO3/c1-9-15(11(3)20)10(2)19-16(9)17(21)12(4)22-14-7-5-13(18)6-8-14/h5-8,12,19H,1-4H3/t12-/m1/s1. The van der Waals surface area contributed by atoms with Gasteiger partial charge in [0.15, 0.2) is 11.9 Å². The largest absolute Gasteiger partial charge is 0.483 e. The summed E-state index contributed by atoms with van der Waals surface area (Å²) in [5.41, 5.74) is 2.41. The van der Waals surface area contributed by atoms with Crippen molar-refractivity contribution >= 4 is 27.5 Å². The van der Waals surface area contributed by atoms with Crippen LogP contribution in [0, 0.1) is 13.8 Å². The van der Waals surface area contributed by atoms with Gasteiger partial charge in [0.05, 0.1) is 5.69 Å². The van der Waals surface area contributed by atoms with Crippen molar-refractivity contribution in [1.82, 2.24) is 4.98 Å². The number of H-pyrrole nitrogens is 1. The number of ketones is 2. The van der Waals surface area contributed by atoms with Crippen molar-refractivity contribution in [2.45, 2.75) is 33.8 Å². The minimum atomic E-state index is -0.641. The van der Waals surface area contributed by atoms with E-state index in [9.17, 15) is 9.59 Å². The molecule has 2 aromatic rings. The minimum Gasteiger partial charge on any atom is -0.483 e. The second kappa shape index (κ2) is 6.48. The molecule has 0 unspecified atom stereocenters. The molecule has 1 aromatic carbocycles. The van der Waals surface area contributed by atoms with Crippen molar-refractivity contribution in [2.24, 2.45) is 0 Å². The number of halogens is 1. The molecule has 2 rings (SSSR count). The second-order valence-corrected chi connectivity index (χ2v) is 6.18. The fraction of sp³-hybridized carbons (Fsp3) is 0.294. The van der Waals surface area contributed by atoms with E-state index in [1.165, 1.54) is 6.92 Å². The number of carbonyl (C=O) groups excluding carboxylic acids is 2. The molecule has 0 bridgehead atoms. The quantitative estimate of drug-likeness (QED) is 0.807. The van der Waals surface area contributed by atoms with E-state index in [4.69, 9.17) is 4.74 Å². The highest BCUT2D eigenvalue weighted by molar-refractivity contribution is 9.10. The van der Waals surface area contributed by atoms with Crippen LogP contribution in [0.2, 0.25) is 0 Å². The van der Waals surface area contributed by atoms with Crippen LogP contribution < -0.4 is 4.74 Å². The first-order valence-corrected chi connectivity index (χ1v) is 7.77. The third-order valence-electron chi connectivity index (χ3n) is 3.53. The first kappa shape index (κ1) is 16.5. The molecule has 116 valence electrons. The van der Waals surface area contributed by atoms with E-state index < -0.39 is 6.10 Å². The molecule has 0 spiro atoms. The molecule has 22 heavy (non-hydrogen) atoms. The SMILES string of the molecule is CC(=O)c1c(C)[nH]c(C(=O)[C@@H](C)Oc2ccc(Br)cc2)c1C. The normalized spacial score (nSPS) is 12.0. The first-order valence-electron chi connectivity index (χ1n) is 6.97. The van der Waals surface area contributed by atoms with Crippen molar-refractivity contribution in [2.75, 3.05) is 0 Å². The maximum Gasteiger partial charge on any atom is 0.219 e. The van der Waals surface area contributed by atoms with Crippen LogP contribution in [0.3, 0.4) is 0 Å². The number of rotatable bonds is 5. The number of Topliss-reactive ketones (excluding diaryl/α,β-unsaturated/α-hetero) is 2. The lowest BCUT2D eigenvalue weighted by Crippen LogP contribution is -2.25. The van der Waals surface area contributed by atoms with Gasteiger partial charge in [-0.05, 0) is 57.5 Å². The molecular formula is C17H18BrNO3. The number of carbonyl (C=O) groups is 2. The highest BCUT2D eigenvalue weighted by Gasteiger charge is 2.24. The van der Waals surface area contributed by atoms with E-state index in [1.54, 1.807) is 32.9 Å². The number of hydrogen-bond acceptors (Lipinski definition) is 3. The zero-order valence-corrected chi connectivity index (χ0v) is 14.6. The van der Waals surface area contributed by atoms with Crippen molar-refractivity contribution in [1.29, 1.82) is 0 Å². The molecule has 0 amide bonds. The number of aromatic amines is 1. The number of aryl methyl sites for hydroxylation is 1. The van der Waals surface area contributed by atoms with Gasteiger partial charge in [-0.3, -0.25) is 9.59 Å². The summed E-state index contributed by atoms with van der Waals surface area (Å²) in [5, 5.41) is 0. The maximum atomic E-state index is 12.5. The van der Waals surface area contributed by atoms with Crippen molar-refractivity contribution in [3.63, 3.8) is 0 Å². The van der Waals surface area contributed by atoms with Crippen molar-refractivity contribution in [3.05, 3.63) is 51.3 Å². The van der Waals surface area contributed by atoms with Crippen molar-refractivity contribution < 1.29 is 14.3 Å².